The molecular formula is C24H31FN2O4. The molecule has 1 heterocycles. The first kappa shape index (κ1) is 23.0. The van der Waals surface area contributed by atoms with Crippen LogP contribution in [0.2, 0.25) is 0 Å². The minimum Gasteiger partial charge on any atom is -0.493 e. The van der Waals surface area contributed by atoms with Crippen LogP contribution in [0.1, 0.15) is 24.5 Å². The Morgan fingerprint density at radius 3 is 2.77 bits per heavy atom. The van der Waals surface area contributed by atoms with Gasteiger partial charge in [0.15, 0.2) is 11.5 Å². The summed E-state index contributed by atoms with van der Waals surface area (Å²) in [6, 6.07) is 11.8. The number of hydrogen-bond acceptors (Lipinski definition) is 5. The van der Waals surface area contributed by atoms with Gasteiger partial charge in [-0.25, -0.2) is 4.39 Å². The highest BCUT2D eigenvalue weighted by atomic mass is 19.1. The molecule has 0 bridgehead atoms. The molecule has 168 valence electrons. The van der Waals surface area contributed by atoms with Gasteiger partial charge in [0.1, 0.15) is 12.4 Å². The Balaban J connectivity index is 1.62. The number of primary amides is 1. The SMILES string of the molecule is COc1cc(CCN(CC2CCOC2)C(C)C(N)=O)ccc1OCc1cccc(F)c1. The third-order valence-electron chi connectivity index (χ3n) is 5.68. The van der Waals surface area contributed by atoms with Gasteiger partial charge in [-0.15, -0.1) is 0 Å². The molecule has 31 heavy (non-hydrogen) atoms. The van der Waals surface area contributed by atoms with E-state index < -0.39 is 0 Å². The van der Waals surface area contributed by atoms with Crippen molar-refractivity contribution in [3.8, 4) is 11.5 Å². The minimum atomic E-state index is -0.337. The third-order valence-corrected chi connectivity index (χ3v) is 5.68. The summed E-state index contributed by atoms with van der Waals surface area (Å²) in [4.78, 5) is 13.9. The van der Waals surface area contributed by atoms with E-state index in [0.29, 0.717) is 24.0 Å². The lowest BCUT2D eigenvalue weighted by Gasteiger charge is -2.29. The van der Waals surface area contributed by atoms with E-state index in [2.05, 4.69) is 4.90 Å². The van der Waals surface area contributed by atoms with Crippen LogP contribution in [0.15, 0.2) is 42.5 Å². The van der Waals surface area contributed by atoms with Gasteiger partial charge in [0, 0.05) is 19.7 Å². The van der Waals surface area contributed by atoms with E-state index in [1.807, 2.05) is 31.2 Å². The topological polar surface area (TPSA) is 74.0 Å². The van der Waals surface area contributed by atoms with Crippen molar-refractivity contribution < 1.29 is 23.4 Å². The molecule has 3 rings (SSSR count). The molecular weight excluding hydrogens is 399 g/mol. The molecule has 0 aromatic heterocycles. The number of amides is 1. The maximum Gasteiger partial charge on any atom is 0.234 e. The molecule has 0 radical (unpaired) electrons. The number of benzene rings is 2. The van der Waals surface area contributed by atoms with Gasteiger partial charge in [-0.2, -0.15) is 0 Å². The molecule has 1 aliphatic heterocycles. The van der Waals surface area contributed by atoms with Crippen LogP contribution in [-0.2, 0) is 22.6 Å². The van der Waals surface area contributed by atoms with E-state index in [4.69, 9.17) is 19.9 Å². The van der Waals surface area contributed by atoms with Gasteiger partial charge < -0.3 is 19.9 Å². The predicted molar refractivity (Wildman–Crippen MR) is 117 cm³/mol. The van der Waals surface area contributed by atoms with Crippen LogP contribution in [0.25, 0.3) is 0 Å². The predicted octanol–water partition coefficient (Wildman–Crippen LogP) is 3.17. The van der Waals surface area contributed by atoms with Gasteiger partial charge >= 0.3 is 0 Å². The van der Waals surface area contributed by atoms with Crippen LogP contribution in [0.5, 0.6) is 11.5 Å². The molecule has 2 aromatic carbocycles. The minimum absolute atomic E-state index is 0.251. The monoisotopic (exact) mass is 430 g/mol. The summed E-state index contributed by atoms with van der Waals surface area (Å²) in [5, 5.41) is 0. The van der Waals surface area contributed by atoms with Gasteiger partial charge in [-0.1, -0.05) is 18.2 Å². The van der Waals surface area contributed by atoms with Crippen molar-refractivity contribution in [3.63, 3.8) is 0 Å². The fraction of sp³-hybridized carbons (Fsp3) is 0.458. The van der Waals surface area contributed by atoms with Crippen LogP contribution in [0.4, 0.5) is 4.39 Å². The summed E-state index contributed by atoms with van der Waals surface area (Å²) < 4.78 is 30.2. The van der Waals surface area contributed by atoms with Gasteiger partial charge in [0.05, 0.1) is 19.8 Å². The summed E-state index contributed by atoms with van der Waals surface area (Å²) in [6.45, 7) is 5.09. The maximum absolute atomic E-state index is 13.4. The lowest BCUT2D eigenvalue weighted by Crippen LogP contribution is -2.45. The molecule has 2 atom stereocenters. The molecule has 0 aliphatic carbocycles. The van der Waals surface area contributed by atoms with Gasteiger partial charge in [0.25, 0.3) is 0 Å². The van der Waals surface area contributed by atoms with E-state index in [1.54, 1.807) is 13.2 Å². The number of methoxy groups -OCH3 is 1. The van der Waals surface area contributed by atoms with Crippen molar-refractivity contribution >= 4 is 5.91 Å². The molecule has 2 unspecified atom stereocenters. The molecule has 1 aliphatic rings. The number of halogens is 1. The molecule has 0 saturated carbocycles. The van der Waals surface area contributed by atoms with Crippen molar-refractivity contribution in [2.45, 2.75) is 32.4 Å². The third kappa shape index (κ3) is 6.67. The number of rotatable bonds is 11. The number of nitrogens with zero attached hydrogens (tertiary/aromatic N) is 1. The van der Waals surface area contributed by atoms with Gasteiger partial charge in [-0.05, 0) is 61.1 Å². The fourth-order valence-corrected chi connectivity index (χ4v) is 3.73. The number of nitrogens with two attached hydrogens (primary N) is 1. The highest BCUT2D eigenvalue weighted by Gasteiger charge is 2.25. The second kappa shape index (κ2) is 11.1. The van der Waals surface area contributed by atoms with Gasteiger partial charge in [0.2, 0.25) is 5.91 Å². The zero-order chi connectivity index (χ0) is 22.2. The zero-order valence-corrected chi connectivity index (χ0v) is 18.2. The summed E-state index contributed by atoms with van der Waals surface area (Å²) in [6.07, 6.45) is 1.75. The Morgan fingerprint density at radius 2 is 2.10 bits per heavy atom. The first-order valence-electron chi connectivity index (χ1n) is 10.6. The lowest BCUT2D eigenvalue weighted by atomic mass is 10.1. The summed E-state index contributed by atoms with van der Waals surface area (Å²) in [5.74, 6) is 1.03. The Kier molecular flexibility index (Phi) is 8.26. The Morgan fingerprint density at radius 1 is 1.26 bits per heavy atom. The van der Waals surface area contributed by atoms with E-state index in [9.17, 15) is 9.18 Å². The quantitative estimate of drug-likeness (QED) is 0.593. The lowest BCUT2D eigenvalue weighted by molar-refractivity contribution is -0.122. The molecule has 1 saturated heterocycles. The Hall–Kier alpha value is -2.64. The number of hydrogen-bond donors (Lipinski definition) is 1. The first-order chi connectivity index (χ1) is 15.0. The van der Waals surface area contributed by atoms with Crippen molar-refractivity contribution in [3.05, 3.63) is 59.4 Å². The van der Waals surface area contributed by atoms with E-state index in [-0.39, 0.29) is 24.4 Å². The molecule has 7 heteroatoms. The average molecular weight is 431 g/mol. The second-order valence-corrected chi connectivity index (χ2v) is 7.96. The molecule has 1 amide bonds. The number of carbonyl (C=O) groups is 1. The largest absolute Gasteiger partial charge is 0.493 e. The van der Waals surface area contributed by atoms with E-state index in [0.717, 1.165) is 43.7 Å². The summed E-state index contributed by atoms with van der Waals surface area (Å²) in [5.41, 5.74) is 7.38. The summed E-state index contributed by atoms with van der Waals surface area (Å²) in [7, 11) is 1.59. The molecule has 2 aromatic rings. The van der Waals surface area contributed by atoms with E-state index in [1.165, 1.54) is 12.1 Å². The Labute approximate surface area is 183 Å². The summed E-state index contributed by atoms with van der Waals surface area (Å²) >= 11 is 0. The highest BCUT2D eigenvalue weighted by Crippen LogP contribution is 2.29. The molecule has 2 N–H and O–H groups in total. The van der Waals surface area contributed by atoms with Crippen LogP contribution in [-0.4, -0.2) is 50.3 Å². The zero-order valence-electron chi connectivity index (χ0n) is 18.2. The normalized spacial score (nSPS) is 17.0. The van der Waals surface area contributed by atoms with Crippen molar-refractivity contribution in [1.29, 1.82) is 0 Å². The van der Waals surface area contributed by atoms with Gasteiger partial charge in [-0.3, -0.25) is 9.69 Å². The Bertz CT molecular complexity index is 870. The highest BCUT2D eigenvalue weighted by molar-refractivity contribution is 5.79. The van der Waals surface area contributed by atoms with Crippen molar-refractivity contribution in [1.82, 2.24) is 4.90 Å². The standard InChI is InChI=1S/C24H31FN2O4/c1-17(24(26)28)27(14-20-9-11-30-15-20)10-8-18-6-7-22(23(13-18)29-2)31-16-19-4-3-5-21(25)12-19/h3-7,12-13,17,20H,8-11,14-16H2,1-2H3,(H2,26,28). The first-order valence-corrected chi connectivity index (χ1v) is 10.6. The smallest absolute Gasteiger partial charge is 0.234 e. The molecule has 0 spiro atoms. The van der Waals surface area contributed by atoms with Crippen molar-refractivity contribution in [2.75, 3.05) is 33.4 Å². The maximum atomic E-state index is 13.4. The van der Waals surface area contributed by atoms with Crippen LogP contribution in [0.3, 0.4) is 0 Å². The van der Waals surface area contributed by atoms with E-state index >= 15 is 0 Å². The fourth-order valence-electron chi connectivity index (χ4n) is 3.73. The van der Waals surface area contributed by atoms with Crippen LogP contribution in [0, 0.1) is 11.7 Å². The number of ether oxygens (including phenoxy) is 3. The molecule has 6 nitrogen and oxygen atoms in total. The van der Waals surface area contributed by atoms with Crippen LogP contribution < -0.4 is 15.2 Å². The second-order valence-electron chi connectivity index (χ2n) is 7.96. The van der Waals surface area contributed by atoms with Crippen LogP contribution >= 0.6 is 0 Å². The molecule has 1 fully saturated rings. The number of carbonyl (C=O) groups excluding carboxylic acids is 1. The van der Waals surface area contributed by atoms with Crippen molar-refractivity contribution in [2.24, 2.45) is 11.7 Å². The average Bonchev–Trinajstić information content (AvgIpc) is 3.28.